The number of methoxy groups -OCH3 is 2. The molecule has 7 heteroatoms. The molecule has 2 aromatic carbocycles. The Morgan fingerprint density at radius 1 is 0.893 bits per heavy atom. The second kappa shape index (κ2) is 10.1. The molecule has 0 saturated carbocycles. The van der Waals surface area contributed by atoms with Gasteiger partial charge in [-0.05, 0) is 35.4 Å². The van der Waals surface area contributed by atoms with Crippen LogP contribution in [0.5, 0.6) is 11.5 Å². The molecule has 0 radical (unpaired) electrons. The highest BCUT2D eigenvalue weighted by atomic mass is 32.2. The smallest absolute Gasteiger partial charge is 0.162 e. The van der Waals surface area contributed by atoms with E-state index < -0.39 is 17.7 Å². The summed E-state index contributed by atoms with van der Waals surface area (Å²) < 4.78 is 36.2. The summed E-state index contributed by atoms with van der Waals surface area (Å²) in [6.07, 6.45) is -2.17. The predicted octanol–water partition coefficient (Wildman–Crippen LogP) is 3.58. The summed E-state index contributed by atoms with van der Waals surface area (Å²) in [7, 11) is 3.22. The third kappa shape index (κ3) is 5.38. The molecule has 1 heterocycles. The fraction of sp³-hybridized carbons (Fsp3) is 0.429. The number of hydrogen-bond acceptors (Lipinski definition) is 6. The van der Waals surface area contributed by atoms with E-state index in [-0.39, 0.29) is 11.9 Å². The van der Waals surface area contributed by atoms with Gasteiger partial charge in [-0.2, -0.15) is 0 Å². The molecule has 1 saturated heterocycles. The number of benzene rings is 2. The Hall–Kier alpha value is -1.80. The van der Waals surface area contributed by atoms with E-state index in [1.54, 1.807) is 14.2 Å². The third-order valence-electron chi connectivity index (χ3n) is 4.58. The number of ether oxygens (including phenoxy) is 4. The maximum Gasteiger partial charge on any atom is 0.162 e. The molecule has 0 bridgehead atoms. The highest BCUT2D eigenvalue weighted by Gasteiger charge is 2.44. The Balaban J connectivity index is 1.51. The summed E-state index contributed by atoms with van der Waals surface area (Å²) >= 11 is 1.15. The summed E-state index contributed by atoms with van der Waals surface area (Å²) in [5.74, 6) is 1.54. The Labute approximate surface area is 168 Å². The van der Waals surface area contributed by atoms with E-state index in [0.717, 1.165) is 34.4 Å². The number of thioether (sulfide) groups is 1. The van der Waals surface area contributed by atoms with Crippen LogP contribution in [0.15, 0.2) is 48.5 Å². The average Bonchev–Trinajstić information content (AvgIpc) is 3.00. The van der Waals surface area contributed by atoms with Crippen molar-refractivity contribution in [1.29, 1.82) is 0 Å². The SMILES string of the molecule is COc1ccc(COC[C@H]2SC(O)[C@H](F)[C@@H]2OCc2ccc(OC)cc2)cc1. The number of aliphatic hydroxyl groups excluding tert-OH is 1. The van der Waals surface area contributed by atoms with E-state index in [0.29, 0.717) is 13.2 Å². The van der Waals surface area contributed by atoms with Gasteiger partial charge in [0.25, 0.3) is 0 Å². The standard InChI is InChI=1S/C21H25FO5S/c1-24-16-7-3-14(4-8-16)11-26-13-18-20(19(22)21(23)28-18)27-12-15-5-9-17(25-2)10-6-15/h3-10,18-21,23H,11-13H2,1-2H3/t18-,19-,20-,21?/m1/s1. The van der Waals surface area contributed by atoms with Crippen molar-refractivity contribution in [2.75, 3.05) is 20.8 Å². The average molecular weight is 408 g/mol. The normalized spacial score (nSPS) is 24.3. The van der Waals surface area contributed by atoms with Crippen LogP contribution in [0.2, 0.25) is 0 Å². The maximum absolute atomic E-state index is 14.4. The monoisotopic (exact) mass is 408 g/mol. The zero-order valence-electron chi connectivity index (χ0n) is 15.9. The molecule has 1 aliphatic rings. The van der Waals surface area contributed by atoms with Crippen molar-refractivity contribution in [3.8, 4) is 11.5 Å². The number of halogens is 1. The summed E-state index contributed by atoms with van der Waals surface area (Å²) in [5, 5.41) is 9.62. The predicted molar refractivity (Wildman–Crippen MR) is 107 cm³/mol. The molecular formula is C21H25FO5S. The fourth-order valence-electron chi connectivity index (χ4n) is 2.96. The van der Waals surface area contributed by atoms with Crippen molar-refractivity contribution in [3.05, 3.63) is 59.7 Å². The quantitative estimate of drug-likeness (QED) is 0.685. The highest BCUT2D eigenvalue weighted by molar-refractivity contribution is 8.00. The number of alkyl halides is 1. The lowest BCUT2D eigenvalue weighted by molar-refractivity contribution is -0.0386. The van der Waals surface area contributed by atoms with E-state index in [1.165, 1.54) is 0 Å². The highest BCUT2D eigenvalue weighted by Crippen LogP contribution is 2.37. The van der Waals surface area contributed by atoms with Crippen LogP contribution >= 0.6 is 11.8 Å². The first-order chi connectivity index (χ1) is 13.6. The van der Waals surface area contributed by atoms with E-state index >= 15 is 0 Å². The topological polar surface area (TPSA) is 57.2 Å². The first kappa shape index (κ1) is 20.9. The van der Waals surface area contributed by atoms with Gasteiger partial charge in [-0.3, -0.25) is 0 Å². The van der Waals surface area contributed by atoms with Crippen LogP contribution in [0.25, 0.3) is 0 Å². The summed E-state index contributed by atoms with van der Waals surface area (Å²) in [6, 6.07) is 15.0. The van der Waals surface area contributed by atoms with Crippen molar-refractivity contribution in [1.82, 2.24) is 0 Å². The van der Waals surface area contributed by atoms with E-state index in [1.807, 2.05) is 48.5 Å². The zero-order chi connectivity index (χ0) is 19.9. The molecule has 0 spiro atoms. The molecule has 0 aromatic heterocycles. The molecule has 1 N–H and O–H groups in total. The number of rotatable bonds is 9. The second-order valence-electron chi connectivity index (χ2n) is 6.50. The van der Waals surface area contributed by atoms with Crippen LogP contribution in [0, 0.1) is 0 Å². The largest absolute Gasteiger partial charge is 0.497 e. The Kier molecular flexibility index (Phi) is 7.56. The summed E-state index contributed by atoms with van der Waals surface area (Å²) in [6.45, 7) is 0.956. The minimum atomic E-state index is -1.45. The van der Waals surface area contributed by atoms with E-state index in [4.69, 9.17) is 18.9 Å². The minimum absolute atomic E-state index is 0.261. The molecule has 0 aliphatic carbocycles. The molecule has 3 rings (SSSR count). The fourth-order valence-corrected chi connectivity index (χ4v) is 4.18. The summed E-state index contributed by atoms with van der Waals surface area (Å²) in [4.78, 5) is 0. The van der Waals surface area contributed by atoms with Crippen molar-refractivity contribution in [2.45, 2.75) is 36.2 Å². The lowest BCUT2D eigenvalue weighted by Crippen LogP contribution is -2.34. The third-order valence-corrected chi connectivity index (χ3v) is 5.87. The zero-order valence-corrected chi connectivity index (χ0v) is 16.7. The first-order valence-corrected chi connectivity index (χ1v) is 9.98. The van der Waals surface area contributed by atoms with Crippen LogP contribution in [0.1, 0.15) is 11.1 Å². The van der Waals surface area contributed by atoms with Crippen LogP contribution in [-0.2, 0) is 22.7 Å². The van der Waals surface area contributed by atoms with Crippen molar-refractivity contribution in [2.24, 2.45) is 0 Å². The van der Waals surface area contributed by atoms with Crippen LogP contribution in [0.3, 0.4) is 0 Å². The van der Waals surface area contributed by atoms with Gasteiger partial charge < -0.3 is 24.1 Å². The van der Waals surface area contributed by atoms with Gasteiger partial charge in [0, 0.05) is 0 Å². The molecule has 4 atom stereocenters. The lowest BCUT2D eigenvalue weighted by atomic mass is 10.1. The maximum atomic E-state index is 14.4. The Bertz CT molecular complexity index is 725. The van der Waals surface area contributed by atoms with Crippen LogP contribution < -0.4 is 9.47 Å². The van der Waals surface area contributed by atoms with Crippen LogP contribution in [0.4, 0.5) is 4.39 Å². The molecule has 28 heavy (non-hydrogen) atoms. The van der Waals surface area contributed by atoms with E-state index in [9.17, 15) is 9.50 Å². The molecule has 152 valence electrons. The van der Waals surface area contributed by atoms with E-state index in [2.05, 4.69) is 0 Å². The van der Waals surface area contributed by atoms with Gasteiger partial charge in [-0.1, -0.05) is 24.3 Å². The van der Waals surface area contributed by atoms with Gasteiger partial charge in [0.15, 0.2) is 6.17 Å². The van der Waals surface area contributed by atoms with Crippen LogP contribution in [-0.4, -0.2) is 48.9 Å². The molecule has 5 nitrogen and oxygen atoms in total. The number of hydrogen-bond donors (Lipinski definition) is 1. The van der Waals surface area contributed by atoms with Gasteiger partial charge in [0.1, 0.15) is 23.0 Å². The van der Waals surface area contributed by atoms with Crippen molar-refractivity contribution in [3.63, 3.8) is 0 Å². The molecule has 1 unspecified atom stereocenters. The van der Waals surface area contributed by atoms with Gasteiger partial charge in [0.2, 0.25) is 0 Å². The van der Waals surface area contributed by atoms with Crippen molar-refractivity contribution >= 4 is 11.8 Å². The first-order valence-electron chi connectivity index (χ1n) is 9.03. The minimum Gasteiger partial charge on any atom is -0.497 e. The molecule has 1 aliphatic heterocycles. The second-order valence-corrected chi connectivity index (χ2v) is 7.86. The van der Waals surface area contributed by atoms with Gasteiger partial charge in [0.05, 0.1) is 39.3 Å². The Morgan fingerprint density at radius 2 is 1.43 bits per heavy atom. The molecule has 2 aromatic rings. The molecule has 1 fully saturated rings. The summed E-state index contributed by atoms with van der Waals surface area (Å²) in [5.41, 5.74) is 0.810. The molecular weight excluding hydrogens is 383 g/mol. The van der Waals surface area contributed by atoms with Gasteiger partial charge in [-0.15, -0.1) is 11.8 Å². The van der Waals surface area contributed by atoms with Gasteiger partial charge in [-0.25, -0.2) is 4.39 Å². The van der Waals surface area contributed by atoms with Crippen molar-refractivity contribution < 1.29 is 28.4 Å². The number of aliphatic hydroxyl groups is 1. The molecule has 0 amide bonds. The Morgan fingerprint density at radius 3 is 1.96 bits per heavy atom. The van der Waals surface area contributed by atoms with Gasteiger partial charge >= 0.3 is 0 Å². The lowest BCUT2D eigenvalue weighted by Gasteiger charge is -2.21.